The molecule has 4 rings (SSSR count). The summed E-state index contributed by atoms with van der Waals surface area (Å²) in [7, 11) is 0. The smallest absolute Gasteiger partial charge is 0.381 e. The molecule has 6 nitrogen and oxygen atoms in total. The number of amides is 1. The zero-order valence-corrected chi connectivity index (χ0v) is 16.0. The minimum absolute atomic E-state index is 0.0716. The molecular formula is C20H17F5N4O2. The zero-order chi connectivity index (χ0) is 22.2. The summed E-state index contributed by atoms with van der Waals surface area (Å²) >= 11 is 0. The summed E-state index contributed by atoms with van der Waals surface area (Å²) in [6.45, 7) is 1.11. The van der Waals surface area contributed by atoms with Gasteiger partial charge in [0.15, 0.2) is 0 Å². The molecular weight excluding hydrogens is 423 g/mol. The molecule has 0 saturated carbocycles. The number of fused-ring (bicyclic) bond motifs is 1. The Morgan fingerprint density at radius 2 is 1.90 bits per heavy atom. The summed E-state index contributed by atoms with van der Waals surface area (Å²) in [4.78, 5) is 20.3. The second-order valence-corrected chi connectivity index (χ2v) is 7.12. The Balaban J connectivity index is 1.69. The molecule has 0 spiro atoms. The van der Waals surface area contributed by atoms with Gasteiger partial charge in [-0.05, 0) is 31.0 Å². The fourth-order valence-corrected chi connectivity index (χ4v) is 3.46. The highest BCUT2D eigenvalue weighted by atomic mass is 19.4. The number of anilines is 1. The number of carbonyl (C=O) groups is 1. The highest BCUT2D eigenvalue weighted by Gasteiger charge is 2.35. The van der Waals surface area contributed by atoms with E-state index < -0.39 is 41.1 Å². The zero-order valence-electron chi connectivity index (χ0n) is 16.0. The number of imidazole rings is 1. The third kappa shape index (κ3) is 4.50. The van der Waals surface area contributed by atoms with E-state index in [4.69, 9.17) is 4.74 Å². The summed E-state index contributed by atoms with van der Waals surface area (Å²) < 4.78 is 73.3. The van der Waals surface area contributed by atoms with Crippen molar-refractivity contribution >= 4 is 17.2 Å². The molecule has 11 heteroatoms. The van der Waals surface area contributed by atoms with Gasteiger partial charge >= 0.3 is 6.18 Å². The highest BCUT2D eigenvalue weighted by Crippen LogP contribution is 2.36. The van der Waals surface area contributed by atoms with Gasteiger partial charge in [0.25, 0.3) is 12.3 Å². The van der Waals surface area contributed by atoms with Crippen molar-refractivity contribution in [2.75, 3.05) is 18.5 Å². The summed E-state index contributed by atoms with van der Waals surface area (Å²) in [6.07, 6.45) is -3.52. The summed E-state index contributed by atoms with van der Waals surface area (Å²) in [6, 6.07) is 4.21. The maximum Gasteiger partial charge on any atom is 0.418 e. The van der Waals surface area contributed by atoms with E-state index in [9.17, 15) is 26.7 Å². The van der Waals surface area contributed by atoms with Crippen LogP contribution in [0.1, 0.15) is 52.6 Å². The first-order valence-corrected chi connectivity index (χ1v) is 9.46. The Kier molecular flexibility index (Phi) is 5.61. The highest BCUT2D eigenvalue weighted by molar-refractivity contribution is 6.03. The number of ether oxygens (including phenoxy) is 1. The van der Waals surface area contributed by atoms with Gasteiger partial charge in [-0.2, -0.15) is 13.2 Å². The van der Waals surface area contributed by atoms with Crippen LogP contribution in [0.4, 0.5) is 27.6 Å². The Morgan fingerprint density at radius 3 is 2.58 bits per heavy atom. The average molecular weight is 440 g/mol. The number of nitrogens with zero attached hydrogens (tertiary/aromatic N) is 3. The van der Waals surface area contributed by atoms with E-state index in [1.54, 1.807) is 6.20 Å². The molecule has 0 radical (unpaired) electrons. The van der Waals surface area contributed by atoms with Crippen LogP contribution in [0.3, 0.4) is 0 Å². The van der Waals surface area contributed by atoms with Gasteiger partial charge in [-0.3, -0.25) is 4.79 Å². The lowest BCUT2D eigenvalue weighted by molar-refractivity contribution is -0.136. The second-order valence-electron chi connectivity index (χ2n) is 7.12. The van der Waals surface area contributed by atoms with Crippen LogP contribution in [0, 0.1) is 0 Å². The summed E-state index contributed by atoms with van der Waals surface area (Å²) in [5, 5.41) is 2.15. The van der Waals surface area contributed by atoms with Crippen molar-refractivity contribution in [3.05, 3.63) is 59.3 Å². The number of alkyl halides is 5. The molecule has 3 aromatic heterocycles. The maximum absolute atomic E-state index is 13.6. The Labute approximate surface area is 173 Å². The molecule has 164 valence electrons. The molecule has 0 atom stereocenters. The first-order valence-electron chi connectivity index (χ1n) is 9.46. The number of halogens is 5. The number of hydrogen-bond donors (Lipinski definition) is 1. The SMILES string of the molecule is O=C(Nc1cn2cc(C3CCOCC3)nc2cc1C(F)(F)F)c1cccc(C(F)F)n1. The van der Waals surface area contributed by atoms with Crippen molar-refractivity contribution in [2.24, 2.45) is 0 Å². The average Bonchev–Trinajstić information content (AvgIpc) is 3.16. The monoisotopic (exact) mass is 440 g/mol. The number of nitrogens with one attached hydrogen (secondary N) is 1. The molecule has 1 fully saturated rings. The predicted molar refractivity (Wildman–Crippen MR) is 100 cm³/mol. The van der Waals surface area contributed by atoms with E-state index in [0.717, 1.165) is 24.4 Å². The second kappa shape index (κ2) is 8.22. The van der Waals surface area contributed by atoms with Crippen molar-refractivity contribution in [3.8, 4) is 0 Å². The minimum atomic E-state index is -4.77. The normalized spacial score (nSPS) is 15.5. The van der Waals surface area contributed by atoms with Gasteiger partial charge in [-0.1, -0.05) is 6.07 Å². The van der Waals surface area contributed by atoms with Gasteiger partial charge in [0.05, 0.1) is 16.9 Å². The van der Waals surface area contributed by atoms with Gasteiger partial charge in [0.1, 0.15) is 17.0 Å². The van der Waals surface area contributed by atoms with E-state index in [0.29, 0.717) is 31.7 Å². The molecule has 1 saturated heterocycles. The first-order chi connectivity index (χ1) is 14.7. The Bertz CT molecular complexity index is 1110. The van der Waals surface area contributed by atoms with Crippen LogP contribution in [0.2, 0.25) is 0 Å². The van der Waals surface area contributed by atoms with E-state index >= 15 is 0 Å². The third-order valence-corrected chi connectivity index (χ3v) is 5.03. The number of rotatable bonds is 4. The van der Waals surface area contributed by atoms with Gasteiger partial charge in [0, 0.05) is 31.5 Å². The molecule has 1 aliphatic rings. The van der Waals surface area contributed by atoms with Gasteiger partial charge in [-0.15, -0.1) is 0 Å². The lowest BCUT2D eigenvalue weighted by atomic mass is 9.97. The summed E-state index contributed by atoms with van der Waals surface area (Å²) in [5.74, 6) is -0.959. The van der Waals surface area contributed by atoms with Crippen LogP contribution in [-0.4, -0.2) is 33.5 Å². The van der Waals surface area contributed by atoms with Crippen molar-refractivity contribution in [1.29, 1.82) is 0 Å². The fourth-order valence-electron chi connectivity index (χ4n) is 3.46. The molecule has 0 aliphatic carbocycles. The van der Waals surface area contributed by atoms with Gasteiger partial charge in [0.2, 0.25) is 0 Å². The number of hydrogen-bond acceptors (Lipinski definition) is 4. The number of carbonyl (C=O) groups excluding carboxylic acids is 1. The van der Waals surface area contributed by atoms with Crippen molar-refractivity contribution in [1.82, 2.24) is 14.4 Å². The number of aromatic nitrogens is 3. The molecule has 31 heavy (non-hydrogen) atoms. The predicted octanol–water partition coefficient (Wildman–Crippen LogP) is 4.83. The standard InChI is InChI=1S/C20H17F5N4O2/c21-18(22)13-2-1-3-14(26-13)19(30)28-16-10-29-9-15(11-4-6-31-7-5-11)27-17(29)8-12(16)20(23,24)25/h1-3,8-11,18H,4-7H2,(H,28,30). The first kappa shape index (κ1) is 21.2. The van der Waals surface area contributed by atoms with E-state index in [1.807, 2.05) is 0 Å². The number of pyridine rings is 2. The largest absolute Gasteiger partial charge is 0.418 e. The Hall–Kier alpha value is -3.08. The lowest BCUT2D eigenvalue weighted by Crippen LogP contribution is -2.19. The lowest BCUT2D eigenvalue weighted by Gasteiger charge is -2.19. The quantitative estimate of drug-likeness (QED) is 0.590. The Morgan fingerprint density at radius 1 is 1.16 bits per heavy atom. The van der Waals surface area contributed by atoms with Crippen LogP contribution < -0.4 is 5.32 Å². The molecule has 0 bridgehead atoms. The van der Waals surface area contributed by atoms with E-state index in [-0.39, 0.29) is 11.6 Å². The molecule has 4 heterocycles. The van der Waals surface area contributed by atoms with E-state index in [1.165, 1.54) is 10.5 Å². The molecule has 0 unspecified atom stereocenters. The van der Waals surface area contributed by atoms with Crippen LogP contribution in [0.25, 0.3) is 5.65 Å². The maximum atomic E-state index is 13.6. The van der Waals surface area contributed by atoms with Gasteiger partial charge in [-0.25, -0.2) is 18.7 Å². The molecule has 0 aromatic carbocycles. The fraction of sp³-hybridized carbons (Fsp3) is 0.350. The van der Waals surface area contributed by atoms with Crippen LogP contribution in [0.15, 0.2) is 36.7 Å². The van der Waals surface area contributed by atoms with Crippen LogP contribution >= 0.6 is 0 Å². The molecule has 1 aliphatic heterocycles. The topological polar surface area (TPSA) is 68.5 Å². The summed E-state index contributed by atoms with van der Waals surface area (Å²) in [5.41, 5.74) is -1.95. The minimum Gasteiger partial charge on any atom is -0.381 e. The van der Waals surface area contributed by atoms with Gasteiger partial charge < -0.3 is 14.5 Å². The molecule has 3 aromatic rings. The molecule has 1 N–H and O–H groups in total. The van der Waals surface area contributed by atoms with Crippen molar-refractivity contribution in [3.63, 3.8) is 0 Å². The van der Waals surface area contributed by atoms with Crippen molar-refractivity contribution < 1.29 is 31.5 Å². The van der Waals surface area contributed by atoms with Crippen LogP contribution in [-0.2, 0) is 10.9 Å². The van der Waals surface area contributed by atoms with Crippen molar-refractivity contribution in [2.45, 2.75) is 31.4 Å². The molecule has 1 amide bonds. The van der Waals surface area contributed by atoms with E-state index in [2.05, 4.69) is 15.3 Å². The third-order valence-electron chi connectivity index (χ3n) is 5.03. The van der Waals surface area contributed by atoms with Crippen LogP contribution in [0.5, 0.6) is 0 Å².